The number of nitrogens with one attached hydrogen (secondary N) is 1. The average molecular weight is 365 g/mol. The zero-order chi connectivity index (χ0) is 18.8. The number of aromatic amines is 1. The number of carbonyl (C=O) groups is 1. The van der Waals surface area contributed by atoms with E-state index in [4.69, 9.17) is 0 Å². The summed E-state index contributed by atoms with van der Waals surface area (Å²) in [7, 11) is 0. The van der Waals surface area contributed by atoms with Crippen LogP contribution in [0, 0.1) is 12.7 Å². The van der Waals surface area contributed by atoms with Gasteiger partial charge in [0.05, 0.1) is 5.69 Å². The molecule has 1 amide bonds. The summed E-state index contributed by atoms with van der Waals surface area (Å²) in [5.74, 6) is 0.187. The molecule has 1 aliphatic rings. The van der Waals surface area contributed by atoms with E-state index in [-0.39, 0.29) is 11.8 Å². The molecule has 1 fully saturated rings. The number of aryl methyl sites for hydroxylation is 1. The maximum atomic E-state index is 13.5. The highest BCUT2D eigenvalue weighted by atomic mass is 19.1. The molecular weight excluding hydrogens is 345 g/mol. The fraction of sp³-hybridized carbons (Fsp3) is 0.300. The number of H-pyrrole nitrogens is 1. The van der Waals surface area contributed by atoms with E-state index in [1.54, 1.807) is 35.6 Å². The first-order valence-electron chi connectivity index (χ1n) is 8.99. The van der Waals surface area contributed by atoms with Crippen LogP contribution in [0.2, 0.25) is 0 Å². The molecule has 4 rings (SSSR count). The summed E-state index contributed by atoms with van der Waals surface area (Å²) >= 11 is 0. The summed E-state index contributed by atoms with van der Waals surface area (Å²) < 4.78 is 13.5. The van der Waals surface area contributed by atoms with Crippen molar-refractivity contribution < 1.29 is 9.18 Å². The Bertz CT molecular complexity index is 970. The molecule has 27 heavy (non-hydrogen) atoms. The zero-order valence-corrected chi connectivity index (χ0v) is 15.0. The van der Waals surface area contributed by atoms with Crippen LogP contribution in [0.3, 0.4) is 0 Å². The van der Waals surface area contributed by atoms with E-state index in [2.05, 4.69) is 19.9 Å². The summed E-state index contributed by atoms with van der Waals surface area (Å²) in [6.07, 6.45) is 6.85. The Balaban J connectivity index is 1.60. The Morgan fingerprint density at radius 3 is 2.89 bits per heavy atom. The minimum absolute atomic E-state index is 0.0605. The Morgan fingerprint density at radius 2 is 2.11 bits per heavy atom. The van der Waals surface area contributed by atoms with Crippen LogP contribution in [-0.2, 0) is 0 Å². The Hall–Kier alpha value is -3.09. The van der Waals surface area contributed by atoms with Crippen molar-refractivity contribution >= 4 is 5.91 Å². The fourth-order valence-corrected chi connectivity index (χ4v) is 3.55. The van der Waals surface area contributed by atoms with Crippen molar-refractivity contribution in [3.8, 4) is 11.5 Å². The molecular formula is C20H20FN5O. The van der Waals surface area contributed by atoms with Crippen LogP contribution in [-0.4, -0.2) is 43.8 Å². The van der Waals surface area contributed by atoms with E-state index in [1.165, 1.54) is 12.1 Å². The second-order valence-corrected chi connectivity index (χ2v) is 6.81. The van der Waals surface area contributed by atoms with Gasteiger partial charge in [-0.1, -0.05) is 6.07 Å². The van der Waals surface area contributed by atoms with Gasteiger partial charge in [-0.15, -0.1) is 0 Å². The maximum Gasteiger partial charge on any atom is 0.253 e. The highest BCUT2D eigenvalue weighted by molar-refractivity contribution is 5.94. The number of piperidine rings is 1. The number of imidazole rings is 1. The second kappa shape index (κ2) is 7.26. The number of rotatable bonds is 3. The number of amides is 1. The zero-order valence-electron chi connectivity index (χ0n) is 15.0. The van der Waals surface area contributed by atoms with Gasteiger partial charge in [0, 0.05) is 48.9 Å². The van der Waals surface area contributed by atoms with Crippen molar-refractivity contribution in [1.29, 1.82) is 0 Å². The van der Waals surface area contributed by atoms with E-state index < -0.39 is 5.82 Å². The maximum absolute atomic E-state index is 13.5. The first-order chi connectivity index (χ1) is 13.1. The second-order valence-electron chi connectivity index (χ2n) is 6.81. The predicted molar refractivity (Wildman–Crippen MR) is 98.6 cm³/mol. The third-order valence-corrected chi connectivity index (χ3v) is 4.82. The van der Waals surface area contributed by atoms with Gasteiger partial charge in [-0.3, -0.25) is 9.78 Å². The number of hydrogen-bond acceptors (Lipinski definition) is 4. The molecule has 0 saturated carbocycles. The topological polar surface area (TPSA) is 74.8 Å². The van der Waals surface area contributed by atoms with Gasteiger partial charge in [0.25, 0.3) is 5.91 Å². The van der Waals surface area contributed by atoms with Crippen molar-refractivity contribution in [2.24, 2.45) is 0 Å². The van der Waals surface area contributed by atoms with Gasteiger partial charge >= 0.3 is 0 Å². The van der Waals surface area contributed by atoms with E-state index in [1.807, 2.05) is 6.92 Å². The van der Waals surface area contributed by atoms with Crippen molar-refractivity contribution in [1.82, 2.24) is 24.8 Å². The van der Waals surface area contributed by atoms with Gasteiger partial charge in [-0.05, 0) is 38.0 Å². The molecule has 0 unspecified atom stereocenters. The van der Waals surface area contributed by atoms with Crippen LogP contribution in [0.25, 0.3) is 11.5 Å². The number of carbonyl (C=O) groups excluding carboxylic acids is 1. The fourth-order valence-electron chi connectivity index (χ4n) is 3.55. The molecule has 3 aromatic rings. The van der Waals surface area contributed by atoms with Crippen LogP contribution in [0.15, 0.2) is 42.9 Å². The molecule has 1 N–H and O–H groups in total. The molecule has 1 aromatic carbocycles. The minimum Gasteiger partial charge on any atom is -0.341 e. The Labute approximate surface area is 156 Å². The highest BCUT2D eigenvalue weighted by Crippen LogP contribution is 2.31. The normalized spacial score (nSPS) is 17.1. The van der Waals surface area contributed by atoms with Gasteiger partial charge in [-0.25, -0.2) is 14.4 Å². The molecule has 1 atom stereocenters. The summed E-state index contributed by atoms with van der Waals surface area (Å²) in [4.78, 5) is 31.2. The molecule has 1 saturated heterocycles. The third-order valence-electron chi connectivity index (χ3n) is 4.82. The van der Waals surface area contributed by atoms with E-state index >= 15 is 0 Å². The first-order valence-corrected chi connectivity index (χ1v) is 8.99. The molecule has 0 bridgehead atoms. The number of benzene rings is 1. The molecule has 7 heteroatoms. The summed E-state index contributed by atoms with van der Waals surface area (Å²) in [5.41, 5.74) is 2.88. The molecule has 3 heterocycles. The van der Waals surface area contributed by atoms with Crippen LogP contribution in [0.4, 0.5) is 4.39 Å². The number of aromatic nitrogens is 4. The predicted octanol–water partition coefficient (Wildman–Crippen LogP) is 3.33. The summed E-state index contributed by atoms with van der Waals surface area (Å²) in [6.45, 7) is 3.12. The lowest BCUT2D eigenvalue weighted by molar-refractivity contribution is 0.0705. The van der Waals surface area contributed by atoms with Crippen LogP contribution >= 0.6 is 0 Å². The molecule has 6 nitrogen and oxygen atoms in total. The largest absolute Gasteiger partial charge is 0.341 e. The Morgan fingerprint density at radius 1 is 1.26 bits per heavy atom. The van der Waals surface area contributed by atoms with E-state index in [0.717, 1.165) is 29.9 Å². The lowest BCUT2D eigenvalue weighted by Crippen LogP contribution is -2.39. The SMILES string of the molecule is Cc1cnc(-c2nccnc2[C@@H]2CCCN(C(=O)c3cccc(F)c3)C2)[nH]1. The lowest BCUT2D eigenvalue weighted by atomic mass is 9.92. The Kier molecular flexibility index (Phi) is 4.66. The molecule has 2 aromatic heterocycles. The number of hydrogen-bond donors (Lipinski definition) is 1. The summed E-state index contributed by atoms with van der Waals surface area (Å²) in [6, 6.07) is 5.83. The van der Waals surface area contributed by atoms with Crippen molar-refractivity contribution in [3.63, 3.8) is 0 Å². The minimum atomic E-state index is -0.404. The standard InChI is InChI=1S/C20H20FN5O/c1-13-11-24-19(25-13)18-17(22-7-8-23-18)15-5-3-9-26(12-15)20(27)14-4-2-6-16(21)10-14/h2,4,6-8,10-11,15H,3,5,9,12H2,1H3,(H,24,25)/t15-/m1/s1. The molecule has 1 aliphatic heterocycles. The molecule has 0 radical (unpaired) electrons. The highest BCUT2D eigenvalue weighted by Gasteiger charge is 2.29. The third kappa shape index (κ3) is 3.58. The van der Waals surface area contributed by atoms with Crippen molar-refractivity contribution in [2.45, 2.75) is 25.7 Å². The van der Waals surface area contributed by atoms with Crippen LogP contribution in [0.5, 0.6) is 0 Å². The molecule has 0 spiro atoms. The summed E-state index contributed by atoms with van der Waals surface area (Å²) in [5, 5.41) is 0. The monoisotopic (exact) mass is 365 g/mol. The number of likely N-dealkylation sites (tertiary alicyclic amines) is 1. The van der Waals surface area contributed by atoms with Crippen LogP contribution < -0.4 is 0 Å². The smallest absolute Gasteiger partial charge is 0.253 e. The lowest BCUT2D eigenvalue weighted by Gasteiger charge is -2.33. The van der Waals surface area contributed by atoms with E-state index in [9.17, 15) is 9.18 Å². The quantitative estimate of drug-likeness (QED) is 0.772. The van der Waals surface area contributed by atoms with Gasteiger partial charge in [0.1, 0.15) is 11.5 Å². The van der Waals surface area contributed by atoms with Gasteiger partial charge in [0.15, 0.2) is 5.82 Å². The van der Waals surface area contributed by atoms with Gasteiger partial charge in [0.2, 0.25) is 0 Å². The average Bonchev–Trinajstić information content (AvgIpc) is 3.14. The first kappa shape index (κ1) is 17.3. The number of halogens is 1. The van der Waals surface area contributed by atoms with E-state index in [0.29, 0.717) is 24.5 Å². The van der Waals surface area contributed by atoms with Gasteiger partial charge < -0.3 is 9.88 Å². The van der Waals surface area contributed by atoms with Crippen LogP contribution in [0.1, 0.15) is 40.5 Å². The molecule has 138 valence electrons. The van der Waals surface area contributed by atoms with Crippen molar-refractivity contribution in [3.05, 3.63) is 65.6 Å². The van der Waals surface area contributed by atoms with Gasteiger partial charge in [-0.2, -0.15) is 0 Å². The number of nitrogens with zero attached hydrogens (tertiary/aromatic N) is 4. The van der Waals surface area contributed by atoms with Crippen molar-refractivity contribution in [2.75, 3.05) is 13.1 Å². The molecule has 0 aliphatic carbocycles.